The highest BCUT2D eigenvalue weighted by Gasteiger charge is 2.19. The second kappa shape index (κ2) is 11.6. The van der Waals surface area contributed by atoms with Crippen molar-refractivity contribution in [2.24, 2.45) is 0 Å². The van der Waals surface area contributed by atoms with Crippen molar-refractivity contribution in [2.45, 2.75) is 19.6 Å². The normalized spacial score (nSPS) is 11.6. The first-order valence-electron chi connectivity index (χ1n) is 11.8. The van der Waals surface area contributed by atoms with Crippen molar-refractivity contribution in [3.05, 3.63) is 118 Å². The lowest BCUT2D eigenvalue weighted by molar-refractivity contribution is 0.673. The number of halogens is 2. The van der Waals surface area contributed by atoms with Gasteiger partial charge in [0.05, 0.1) is 18.6 Å². The highest BCUT2D eigenvalue weighted by Crippen LogP contribution is 2.28. The highest BCUT2D eigenvalue weighted by atomic mass is 79.9. The first-order chi connectivity index (χ1) is 18.0. The van der Waals surface area contributed by atoms with Crippen molar-refractivity contribution in [1.82, 2.24) is 20.4 Å². The van der Waals surface area contributed by atoms with Gasteiger partial charge in [-0.2, -0.15) is 10.2 Å². The van der Waals surface area contributed by atoms with Crippen LogP contribution in [0.15, 0.2) is 112 Å². The average Bonchev–Trinajstić information content (AvgIpc) is 2.92. The van der Waals surface area contributed by atoms with Gasteiger partial charge in [0, 0.05) is 26.6 Å². The van der Waals surface area contributed by atoms with E-state index in [0.717, 1.165) is 37.0 Å². The van der Waals surface area contributed by atoms with Crippen LogP contribution in [0.1, 0.15) is 12.5 Å². The maximum atomic E-state index is 4.50. The van der Waals surface area contributed by atoms with Gasteiger partial charge in [-0.05, 0) is 60.0 Å². The third-order valence-electron chi connectivity index (χ3n) is 5.93. The largest absolute Gasteiger partial charge is 0.349 e. The molecule has 0 aliphatic carbocycles. The minimum absolute atomic E-state index is 0.153. The van der Waals surface area contributed by atoms with Crippen molar-refractivity contribution in [2.75, 3.05) is 10.2 Å². The molecule has 5 aromatic rings. The Bertz CT molecular complexity index is 1500. The maximum Gasteiger partial charge on any atom is 0.153 e. The quantitative estimate of drug-likeness (QED) is 0.181. The number of nitrogens with one attached hydrogen (secondary N) is 1. The monoisotopic (exact) mass is 614 g/mol. The molecule has 6 nitrogen and oxygen atoms in total. The predicted molar refractivity (Wildman–Crippen MR) is 156 cm³/mol. The van der Waals surface area contributed by atoms with Gasteiger partial charge in [-0.15, -0.1) is 10.2 Å². The molecule has 0 fully saturated rings. The maximum absolute atomic E-state index is 4.50. The van der Waals surface area contributed by atoms with Gasteiger partial charge < -0.3 is 10.2 Å². The summed E-state index contributed by atoms with van der Waals surface area (Å²) in [6, 6.07) is 30.7. The molecular formula is C29H24Br2N6. The summed E-state index contributed by atoms with van der Waals surface area (Å²) in [5.41, 5.74) is 5.27. The molecule has 0 spiro atoms. The second-order valence-electron chi connectivity index (χ2n) is 8.59. The van der Waals surface area contributed by atoms with Crippen LogP contribution in [-0.4, -0.2) is 26.6 Å². The summed E-state index contributed by atoms with van der Waals surface area (Å²) in [5.74, 6) is 1.44. The molecule has 0 amide bonds. The molecule has 0 bridgehead atoms. The first-order valence-corrected chi connectivity index (χ1v) is 13.4. The molecule has 0 radical (unpaired) electrons. The molecular weight excluding hydrogens is 592 g/mol. The van der Waals surface area contributed by atoms with Gasteiger partial charge >= 0.3 is 0 Å². The standard InChI is InChI=1S/C29H24Br2N6/c1-20(34-28-15-24(17-32-35-28)22-9-5-11-26(30)13-22)37(19-21-7-3-2-4-8-21)29-16-25(18-33-36-29)23-10-6-12-27(31)14-23/h2-18,20H,19H2,1H3,(H,34,35). The molecule has 1 atom stereocenters. The SMILES string of the molecule is CC(Nc1cc(-c2cccc(Br)c2)cnn1)N(Cc1ccccc1)c1cc(-c2cccc(Br)c2)cnn1. The molecule has 8 heteroatoms. The van der Waals surface area contributed by atoms with Crippen LogP contribution >= 0.6 is 31.9 Å². The van der Waals surface area contributed by atoms with Crippen LogP contribution in [0.25, 0.3) is 22.3 Å². The van der Waals surface area contributed by atoms with Crippen molar-refractivity contribution < 1.29 is 0 Å². The van der Waals surface area contributed by atoms with Crippen LogP contribution in [0.4, 0.5) is 11.6 Å². The summed E-state index contributed by atoms with van der Waals surface area (Å²) in [4.78, 5) is 2.18. The van der Waals surface area contributed by atoms with E-state index in [9.17, 15) is 0 Å². The van der Waals surface area contributed by atoms with Crippen molar-refractivity contribution in [1.29, 1.82) is 0 Å². The number of hydrogen-bond acceptors (Lipinski definition) is 6. The number of nitrogens with zero attached hydrogens (tertiary/aromatic N) is 5. The fraction of sp³-hybridized carbons (Fsp3) is 0.103. The van der Waals surface area contributed by atoms with Crippen LogP contribution in [0.5, 0.6) is 0 Å². The topological polar surface area (TPSA) is 66.8 Å². The Hall–Kier alpha value is -3.62. The zero-order valence-electron chi connectivity index (χ0n) is 20.1. The van der Waals surface area contributed by atoms with Crippen molar-refractivity contribution in [3.8, 4) is 22.3 Å². The fourth-order valence-electron chi connectivity index (χ4n) is 4.07. The summed E-state index contributed by atoms with van der Waals surface area (Å²) >= 11 is 7.11. The molecule has 5 rings (SSSR count). The van der Waals surface area contributed by atoms with E-state index in [1.807, 2.05) is 48.5 Å². The summed E-state index contributed by atoms with van der Waals surface area (Å²) in [6.45, 7) is 2.73. The van der Waals surface area contributed by atoms with E-state index in [0.29, 0.717) is 12.4 Å². The zero-order chi connectivity index (χ0) is 25.6. The van der Waals surface area contributed by atoms with Crippen LogP contribution in [0.2, 0.25) is 0 Å². The Balaban J connectivity index is 1.46. The fourth-order valence-corrected chi connectivity index (χ4v) is 4.87. The Morgan fingerprint density at radius 2 is 1.32 bits per heavy atom. The minimum atomic E-state index is -0.153. The second-order valence-corrected chi connectivity index (χ2v) is 10.4. The number of rotatable bonds is 8. The summed E-state index contributed by atoms with van der Waals surface area (Å²) in [5, 5.41) is 20.9. The van der Waals surface area contributed by atoms with Crippen LogP contribution < -0.4 is 10.2 Å². The molecule has 2 heterocycles. The molecule has 0 aliphatic heterocycles. The lowest BCUT2D eigenvalue weighted by Crippen LogP contribution is -2.39. The molecule has 0 aliphatic rings. The van der Waals surface area contributed by atoms with Gasteiger partial charge in [0.25, 0.3) is 0 Å². The van der Waals surface area contributed by atoms with Gasteiger partial charge in [-0.25, -0.2) is 0 Å². The lowest BCUT2D eigenvalue weighted by Gasteiger charge is -2.31. The van der Waals surface area contributed by atoms with Gasteiger partial charge in [0.2, 0.25) is 0 Å². The van der Waals surface area contributed by atoms with E-state index >= 15 is 0 Å². The van der Waals surface area contributed by atoms with Crippen LogP contribution in [0.3, 0.4) is 0 Å². The van der Waals surface area contributed by atoms with Gasteiger partial charge in [0.15, 0.2) is 11.6 Å². The molecule has 2 aromatic heterocycles. The van der Waals surface area contributed by atoms with E-state index < -0.39 is 0 Å². The smallest absolute Gasteiger partial charge is 0.153 e. The number of anilines is 2. The van der Waals surface area contributed by atoms with E-state index in [1.165, 1.54) is 5.56 Å². The first kappa shape index (κ1) is 25.0. The summed E-state index contributed by atoms with van der Waals surface area (Å²) in [7, 11) is 0. The van der Waals surface area contributed by atoms with Crippen molar-refractivity contribution in [3.63, 3.8) is 0 Å². The molecule has 1 N–H and O–H groups in total. The van der Waals surface area contributed by atoms with Gasteiger partial charge in [0.1, 0.15) is 0 Å². The third kappa shape index (κ3) is 6.39. The lowest BCUT2D eigenvalue weighted by atomic mass is 10.1. The molecule has 1 unspecified atom stereocenters. The zero-order valence-corrected chi connectivity index (χ0v) is 23.3. The Labute approximate surface area is 233 Å². The number of aromatic nitrogens is 4. The average molecular weight is 616 g/mol. The van der Waals surface area contributed by atoms with E-state index in [2.05, 4.69) is 112 Å². The molecule has 3 aromatic carbocycles. The summed E-state index contributed by atoms with van der Waals surface area (Å²) < 4.78 is 2.03. The molecule has 184 valence electrons. The van der Waals surface area contributed by atoms with Crippen LogP contribution in [0, 0.1) is 0 Å². The molecule has 37 heavy (non-hydrogen) atoms. The van der Waals surface area contributed by atoms with E-state index in [4.69, 9.17) is 0 Å². The summed E-state index contributed by atoms with van der Waals surface area (Å²) in [6.07, 6.45) is 3.41. The molecule has 0 saturated heterocycles. The van der Waals surface area contributed by atoms with Crippen LogP contribution in [-0.2, 0) is 6.54 Å². The number of benzene rings is 3. The van der Waals surface area contributed by atoms with Crippen molar-refractivity contribution >= 4 is 43.5 Å². The van der Waals surface area contributed by atoms with Gasteiger partial charge in [-0.1, -0.05) is 86.5 Å². The predicted octanol–water partition coefficient (Wildman–Crippen LogP) is 7.59. The Morgan fingerprint density at radius 3 is 1.97 bits per heavy atom. The number of hydrogen-bond donors (Lipinski definition) is 1. The Kier molecular flexibility index (Phi) is 7.87. The van der Waals surface area contributed by atoms with E-state index in [1.54, 1.807) is 12.4 Å². The Morgan fingerprint density at radius 1 is 0.703 bits per heavy atom. The third-order valence-corrected chi connectivity index (χ3v) is 6.91. The molecule has 0 saturated carbocycles. The highest BCUT2D eigenvalue weighted by molar-refractivity contribution is 9.10. The minimum Gasteiger partial charge on any atom is -0.349 e. The van der Waals surface area contributed by atoms with Gasteiger partial charge in [-0.3, -0.25) is 0 Å². The van der Waals surface area contributed by atoms with E-state index in [-0.39, 0.29) is 6.17 Å².